The van der Waals surface area contributed by atoms with Crippen LogP contribution in [0, 0.1) is 5.41 Å². The molecule has 0 atom stereocenters. The normalized spacial score (nSPS) is 12.0. The molecule has 5 nitrogen and oxygen atoms in total. The van der Waals surface area contributed by atoms with Crippen molar-refractivity contribution in [2.24, 2.45) is 5.41 Å². The molecule has 0 bridgehead atoms. The summed E-state index contributed by atoms with van der Waals surface area (Å²) in [4.78, 5) is 4.26. The van der Waals surface area contributed by atoms with Gasteiger partial charge >= 0.3 is 0 Å². The van der Waals surface area contributed by atoms with E-state index in [4.69, 9.17) is 4.74 Å². The van der Waals surface area contributed by atoms with Crippen LogP contribution >= 0.6 is 0 Å². The van der Waals surface area contributed by atoms with Crippen molar-refractivity contribution in [3.05, 3.63) is 12.2 Å². The fourth-order valence-corrected chi connectivity index (χ4v) is 1.43. The van der Waals surface area contributed by atoms with Gasteiger partial charge in [0.05, 0.1) is 13.2 Å². The van der Waals surface area contributed by atoms with Crippen molar-refractivity contribution in [2.45, 2.75) is 40.3 Å². The lowest BCUT2D eigenvalue weighted by Gasteiger charge is -2.18. The minimum Gasteiger partial charge on any atom is -0.383 e. The van der Waals surface area contributed by atoms with E-state index in [1.807, 2.05) is 4.68 Å². The van der Waals surface area contributed by atoms with Crippen molar-refractivity contribution < 1.29 is 4.74 Å². The Balaban J connectivity index is 2.37. The summed E-state index contributed by atoms with van der Waals surface area (Å²) in [6.45, 7) is 9.93. The predicted octanol–water partition coefficient (Wildman–Crippen LogP) is 1.45. The van der Waals surface area contributed by atoms with Crippen LogP contribution in [0.3, 0.4) is 0 Å². The van der Waals surface area contributed by atoms with Crippen molar-refractivity contribution in [3.63, 3.8) is 0 Å². The van der Waals surface area contributed by atoms with Gasteiger partial charge in [0, 0.05) is 20.2 Å². The van der Waals surface area contributed by atoms with E-state index >= 15 is 0 Å². The highest BCUT2D eigenvalue weighted by Gasteiger charge is 2.12. The van der Waals surface area contributed by atoms with E-state index in [9.17, 15) is 0 Å². The van der Waals surface area contributed by atoms with Crippen LogP contribution < -0.4 is 5.32 Å². The Hall–Kier alpha value is -0.940. The molecule has 0 aromatic carbocycles. The molecule has 0 unspecified atom stereocenters. The highest BCUT2D eigenvalue weighted by atomic mass is 16.5. The van der Waals surface area contributed by atoms with Gasteiger partial charge in [0.2, 0.25) is 0 Å². The largest absolute Gasteiger partial charge is 0.383 e. The Morgan fingerprint density at radius 2 is 2.18 bits per heavy atom. The third-order valence-corrected chi connectivity index (χ3v) is 2.54. The Morgan fingerprint density at radius 1 is 1.41 bits per heavy atom. The van der Waals surface area contributed by atoms with Crippen molar-refractivity contribution in [1.82, 2.24) is 20.1 Å². The first-order valence-electron chi connectivity index (χ1n) is 6.09. The molecule has 1 heterocycles. The molecule has 0 aliphatic heterocycles. The average molecular weight is 240 g/mol. The first kappa shape index (κ1) is 14.1. The average Bonchev–Trinajstić information content (AvgIpc) is 2.68. The number of rotatable bonds is 7. The number of nitrogens with zero attached hydrogens (tertiary/aromatic N) is 3. The van der Waals surface area contributed by atoms with E-state index in [1.54, 1.807) is 13.4 Å². The molecule has 17 heavy (non-hydrogen) atoms. The number of aryl methyl sites for hydroxylation is 1. The number of hydrogen-bond donors (Lipinski definition) is 1. The summed E-state index contributed by atoms with van der Waals surface area (Å²) in [6.07, 6.45) is 2.72. The van der Waals surface area contributed by atoms with Crippen molar-refractivity contribution in [2.75, 3.05) is 20.3 Å². The molecular formula is C12H24N4O. The summed E-state index contributed by atoms with van der Waals surface area (Å²) in [5, 5.41) is 7.53. The number of hydrogen-bond acceptors (Lipinski definition) is 4. The second kappa shape index (κ2) is 6.71. The molecule has 1 N–H and O–H groups in total. The van der Waals surface area contributed by atoms with E-state index in [-0.39, 0.29) is 0 Å². The molecule has 5 heteroatoms. The first-order valence-corrected chi connectivity index (χ1v) is 6.09. The summed E-state index contributed by atoms with van der Waals surface area (Å²) < 4.78 is 6.96. The smallest absolute Gasteiger partial charge is 0.140 e. The molecule has 0 fully saturated rings. The minimum absolute atomic E-state index is 0.326. The molecule has 0 spiro atoms. The second-order valence-electron chi connectivity index (χ2n) is 5.38. The van der Waals surface area contributed by atoms with Crippen molar-refractivity contribution in [1.29, 1.82) is 0 Å². The van der Waals surface area contributed by atoms with E-state index in [0.717, 1.165) is 38.5 Å². The van der Waals surface area contributed by atoms with Gasteiger partial charge in [0.1, 0.15) is 12.2 Å². The van der Waals surface area contributed by atoms with Crippen LogP contribution in [0.25, 0.3) is 0 Å². The minimum atomic E-state index is 0.326. The number of ether oxygens (including phenoxy) is 1. The summed E-state index contributed by atoms with van der Waals surface area (Å²) in [5.41, 5.74) is 0.326. The standard InChI is InChI=1S/C12H24N4O/c1-12(2,3)5-7-16-11(14-10-15-16)9-13-6-8-17-4/h10,13H,5-9H2,1-4H3. The van der Waals surface area contributed by atoms with Crippen LogP contribution in [-0.2, 0) is 17.8 Å². The van der Waals surface area contributed by atoms with Gasteiger partial charge < -0.3 is 10.1 Å². The monoisotopic (exact) mass is 240 g/mol. The molecule has 0 amide bonds. The summed E-state index contributed by atoms with van der Waals surface area (Å²) in [6, 6.07) is 0. The summed E-state index contributed by atoms with van der Waals surface area (Å²) in [5.74, 6) is 0.991. The Labute approximate surface area is 104 Å². The topological polar surface area (TPSA) is 52.0 Å². The molecule has 0 aliphatic carbocycles. The molecule has 0 saturated heterocycles. The lowest BCUT2D eigenvalue weighted by atomic mass is 9.92. The first-order chi connectivity index (χ1) is 8.03. The van der Waals surface area contributed by atoms with Crippen molar-refractivity contribution in [3.8, 4) is 0 Å². The van der Waals surface area contributed by atoms with Crippen LogP contribution in [-0.4, -0.2) is 35.0 Å². The molecule has 1 rings (SSSR count). The van der Waals surface area contributed by atoms with E-state index in [1.165, 1.54) is 0 Å². The van der Waals surface area contributed by atoms with Gasteiger partial charge in [0.15, 0.2) is 0 Å². The molecule has 0 aliphatic rings. The fraction of sp³-hybridized carbons (Fsp3) is 0.833. The Morgan fingerprint density at radius 3 is 2.82 bits per heavy atom. The maximum absolute atomic E-state index is 4.98. The summed E-state index contributed by atoms with van der Waals surface area (Å²) in [7, 11) is 1.70. The zero-order chi connectivity index (χ0) is 12.7. The van der Waals surface area contributed by atoms with Crippen LogP contribution in [0.15, 0.2) is 6.33 Å². The second-order valence-corrected chi connectivity index (χ2v) is 5.38. The quantitative estimate of drug-likeness (QED) is 0.733. The molecule has 0 saturated carbocycles. The molecular weight excluding hydrogens is 216 g/mol. The molecule has 98 valence electrons. The van der Waals surface area contributed by atoms with Gasteiger partial charge in [0.25, 0.3) is 0 Å². The van der Waals surface area contributed by atoms with Gasteiger partial charge in [-0.15, -0.1) is 0 Å². The van der Waals surface area contributed by atoms with Gasteiger partial charge in [-0.05, 0) is 11.8 Å². The molecule has 1 aromatic rings. The Kier molecular flexibility index (Phi) is 5.58. The SMILES string of the molecule is COCCNCc1ncnn1CCC(C)(C)C. The molecule has 0 radical (unpaired) electrons. The highest BCUT2D eigenvalue weighted by molar-refractivity contribution is 4.84. The van der Waals surface area contributed by atoms with Crippen LogP contribution in [0.5, 0.6) is 0 Å². The zero-order valence-electron chi connectivity index (χ0n) is 11.4. The lowest BCUT2D eigenvalue weighted by Crippen LogP contribution is -2.22. The van der Waals surface area contributed by atoms with Crippen LogP contribution in [0.4, 0.5) is 0 Å². The Bertz CT molecular complexity index is 317. The maximum Gasteiger partial charge on any atom is 0.140 e. The van der Waals surface area contributed by atoms with E-state index in [0.29, 0.717) is 5.41 Å². The van der Waals surface area contributed by atoms with Gasteiger partial charge in [-0.2, -0.15) is 5.10 Å². The van der Waals surface area contributed by atoms with Gasteiger partial charge in [-0.25, -0.2) is 9.67 Å². The number of aromatic nitrogens is 3. The number of methoxy groups -OCH3 is 1. The van der Waals surface area contributed by atoms with Gasteiger partial charge in [-0.1, -0.05) is 20.8 Å². The third kappa shape index (κ3) is 5.79. The predicted molar refractivity (Wildman–Crippen MR) is 67.7 cm³/mol. The lowest BCUT2D eigenvalue weighted by molar-refractivity contribution is 0.198. The molecule has 1 aromatic heterocycles. The maximum atomic E-state index is 4.98. The third-order valence-electron chi connectivity index (χ3n) is 2.54. The van der Waals surface area contributed by atoms with Gasteiger partial charge in [-0.3, -0.25) is 0 Å². The van der Waals surface area contributed by atoms with Crippen molar-refractivity contribution >= 4 is 0 Å². The highest BCUT2D eigenvalue weighted by Crippen LogP contribution is 2.19. The fourth-order valence-electron chi connectivity index (χ4n) is 1.43. The van der Waals surface area contributed by atoms with E-state index < -0.39 is 0 Å². The summed E-state index contributed by atoms with van der Waals surface area (Å²) >= 11 is 0. The number of nitrogens with one attached hydrogen (secondary N) is 1. The van der Waals surface area contributed by atoms with E-state index in [2.05, 4.69) is 36.2 Å². The van der Waals surface area contributed by atoms with Crippen LogP contribution in [0.1, 0.15) is 33.0 Å². The zero-order valence-corrected chi connectivity index (χ0v) is 11.4. The van der Waals surface area contributed by atoms with Crippen LogP contribution in [0.2, 0.25) is 0 Å².